The Morgan fingerprint density at radius 1 is 1.42 bits per heavy atom. The van der Waals surface area contributed by atoms with Gasteiger partial charge in [0.15, 0.2) is 5.82 Å². The predicted octanol–water partition coefficient (Wildman–Crippen LogP) is 2.48. The molecule has 0 fully saturated rings. The van der Waals surface area contributed by atoms with Crippen molar-refractivity contribution in [3.05, 3.63) is 37.5 Å². The van der Waals surface area contributed by atoms with E-state index >= 15 is 0 Å². The molecule has 3 nitrogen and oxygen atoms in total. The van der Waals surface area contributed by atoms with Crippen LogP contribution < -0.4 is 0 Å². The third kappa shape index (κ3) is 1.52. The van der Waals surface area contributed by atoms with E-state index in [9.17, 15) is 18.9 Å². The summed E-state index contributed by atoms with van der Waals surface area (Å²) in [6, 6.07) is 2.00. The molecule has 0 saturated heterocycles. The molecule has 0 aliphatic carbocycles. The first-order chi connectivity index (χ1) is 5.54. The molecule has 0 aliphatic rings. The number of nitrogens with zero attached hydrogens (tertiary/aromatic N) is 1. The first-order valence-electron chi connectivity index (χ1n) is 2.82. The van der Waals surface area contributed by atoms with Gasteiger partial charge in [0.2, 0.25) is 5.82 Å². The van der Waals surface area contributed by atoms with E-state index < -0.39 is 22.2 Å². The van der Waals surface area contributed by atoms with Crippen LogP contribution in [0.2, 0.25) is 0 Å². The van der Waals surface area contributed by atoms with Crippen molar-refractivity contribution in [1.29, 1.82) is 0 Å². The molecule has 1 rings (SSSR count). The lowest BCUT2D eigenvalue weighted by Crippen LogP contribution is -1.97. The molecule has 0 radical (unpaired) electrons. The highest BCUT2D eigenvalue weighted by Crippen LogP contribution is 2.25. The molecule has 0 aromatic heterocycles. The van der Waals surface area contributed by atoms with E-state index in [-0.39, 0.29) is 3.57 Å². The summed E-state index contributed by atoms with van der Waals surface area (Å²) in [5.41, 5.74) is -0.810. The molecule has 0 amide bonds. The van der Waals surface area contributed by atoms with Crippen LogP contribution in [-0.2, 0) is 0 Å². The number of rotatable bonds is 1. The number of nitro groups is 1. The molecular formula is C6H2F2INO2. The normalized spacial score (nSPS) is 9.92. The van der Waals surface area contributed by atoms with Crippen molar-refractivity contribution in [2.24, 2.45) is 0 Å². The SMILES string of the molecule is O=[N+]([O-])c1c(I)ccc(F)c1F. The van der Waals surface area contributed by atoms with Crippen LogP contribution >= 0.6 is 22.6 Å². The van der Waals surface area contributed by atoms with Crippen LogP contribution in [0, 0.1) is 25.3 Å². The lowest BCUT2D eigenvalue weighted by Gasteiger charge is -1.96. The number of nitro benzene ring substituents is 1. The molecule has 0 atom stereocenters. The summed E-state index contributed by atoms with van der Waals surface area (Å²) in [6.45, 7) is 0. The Morgan fingerprint density at radius 3 is 2.42 bits per heavy atom. The molecule has 0 spiro atoms. The van der Waals surface area contributed by atoms with Gasteiger partial charge in [-0.1, -0.05) is 0 Å². The summed E-state index contributed by atoms with van der Waals surface area (Å²) in [4.78, 5) is 9.24. The van der Waals surface area contributed by atoms with Gasteiger partial charge in [-0.2, -0.15) is 4.39 Å². The van der Waals surface area contributed by atoms with Crippen LogP contribution in [0.25, 0.3) is 0 Å². The molecule has 12 heavy (non-hydrogen) atoms. The van der Waals surface area contributed by atoms with Gasteiger partial charge in [-0.05, 0) is 34.7 Å². The lowest BCUT2D eigenvalue weighted by molar-refractivity contribution is -0.388. The second kappa shape index (κ2) is 3.30. The van der Waals surface area contributed by atoms with Crippen molar-refractivity contribution in [1.82, 2.24) is 0 Å². The Labute approximate surface area is 79.7 Å². The molecule has 0 heterocycles. The van der Waals surface area contributed by atoms with Gasteiger partial charge in [0.1, 0.15) is 0 Å². The number of halogens is 3. The minimum Gasteiger partial charge on any atom is -0.258 e. The van der Waals surface area contributed by atoms with E-state index in [0.717, 1.165) is 12.1 Å². The average molecular weight is 285 g/mol. The van der Waals surface area contributed by atoms with Crippen LogP contribution in [0.4, 0.5) is 14.5 Å². The topological polar surface area (TPSA) is 43.1 Å². The largest absolute Gasteiger partial charge is 0.321 e. The van der Waals surface area contributed by atoms with E-state index in [4.69, 9.17) is 0 Å². The number of hydrogen-bond acceptors (Lipinski definition) is 2. The smallest absolute Gasteiger partial charge is 0.258 e. The van der Waals surface area contributed by atoms with Gasteiger partial charge in [-0.3, -0.25) is 10.1 Å². The van der Waals surface area contributed by atoms with Crippen LogP contribution in [-0.4, -0.2) is 4.92 Å². The standard InChI is InChI=1S/C6H2F2INO2/c7-3-1-2-4(9)6(5(3)8)10(11)12/h1-2H. The van der Waals surface area contributed by atoms with Crippen LogP contribution in [0.5, 0.6) is 0 Å². The van der Waals surface area contributed by atoms with E-state index in [1.54, 1.807) is 22.6 Å². The van der Waals surface area contributed by atoms with Gasteiger partial charge in [0.05, 0.1) is 8.49 Å². The molecule has 0 bridgehead atoms. The lowest BCUT2D eigenvalue weighted by atomic mass is 10.3. The third-order valence-electron chi connectivity index (χ3n) is 1.20. The zero-order valence-corrected chi connectivity index (χ0v) is 7.71. The quantitative estimate of drug-likeness (QED) is 0.344. The van der Waals surface area contributed by atoms with Crippen LogP contribution in [0.15, 0.2) is 12.1 Å². The van der Waals surface area contributed by atoms with Crippen molar-refractivity contribution in [3.8, 4) is 0 Å². The fraction of sp³-hybridized carbons (Fsp3) is 0. The van der Waals surface area contributed by atoms with E-state index in [1.807, 2.05) is 0 Å². The molecule has 1 aromatic rings. The van der Waals surface area contributed by atoms with Gasteiger partial charge in [0, 0.05) is 0 Å². The fourth-order valence-corrected chi connectivity index (χ4v) is 1.30. The van der Waals surface area contributed by atoms with Crippen molar-refractivity contribution < 1.29 is 13.7 Å². The molecule has 0 N–H and O–H groups in total. The molecule has 0 unspecified atom stereocenters. The summed E-state index contributed by atoms with van der Waals surface area (Å²) in [5.74, 6) is -2.62. The Balaban J connectivity index is 3.43. The van der Waals surface area contributed by atoms with Crippen molar-refractivity contribution in [2.45, 2.75) is 0 Å². The Bertz CT molecular complexity index is 343. The van der Waals surface area contributed by atoms with E-state index in [1.165, 1.54) is 0 Å². The molecule has 1 aromatic carbocycles. The van der Waals surface area contributed by atoms with Gasteiger partial charge >= 0.3 is 5.69 Å². The molecule has 0 saturated carbocycles. The third-order valence-corrected chi connectivity index (χ3v) is 2.07. The van der Waals surface area contributed by atoms with Gasteiger partial charge in [0.25, 0.3) is 0 Å². The van der Waals surface area contributed by atoms with E-state index in [2.05, 4.69) is 0 Å². The van der Waals surface area contributed by atoms with Crippen LogP contribution in [0.3, 0.4) is 0 Å². The highest BCUT2D eigenvalue weighted by atomic mass is 127. The highest BCUT2D eigenvalue weighted by Gasteiger charge is 2.21. The molecule has 64 valence electrons. The Kier molecular flexibility index (Phi) is 2.55. The zero-order chi connectivity index (χ0) is 9.30. The molecular weight excluding hydrogens is 283 g/mol. The summed E-state index contributed by atoms with van der Waals surface area (Å²) in [7, 11) is 0. The average Bonchev–Trinajstić information content (AvgIpc) is 1.97. The zero-order valence-electron chi connectivity index (χ0n) is 5.55. The van der Waals surface area contributed by atoms with Crippen LogP contribution in [0.1, 0.15) is 0 Å². The summed E-state index contributed by atoms with van der Waals surface area (Å²) in [5, 5.41) is 10.2. The minimum atomic E-state index is -1.41. The Morgan fingerprint density at radius 2 is 2.00 bits per heavy atom. The van der Waals surface area contributed by atoms with Crippen molar-refractivity contribution in [3.63, 3.8) is 0 Å². The molecule has 6 heteroatoms. The van der Waals surface area contributed by atoms with E-state index in [0.29, 0.717) is 0 Å². The first-order valence-corrected chi connectivity index (χ1v) is 3.90. The first kappa shape index (κ1) is 9.30. The van der Waals surface area contributed by atoms with Crippen molar-refractivity contribution in [2.75, 3.05) is 0 Å². The summed E-state index contributed by atoms with van der Waals surface area (Å²) < 4.78 is 25.2. The number of hydrogen-bond donors (Lipinski definition) is 0. The maximum absolute atomic E-state index is 12.7. The minimum absolute atomic E-state index is 0.0801. The summed E-state index contributed by atoms with van der Waals surface area (Å²) >= 11 is 1.57. The predicted molar refractivity (Wildman–Crippen MR) is 45.7 cm³/mol. The fourth-order valence-electron chi connectivity index (χ4n) is 0.684. The van der Waals surface area contributed by atoms with Gasteiger partial charge in [-0.25, -0.2) is 4.39 Å². The monoisotopic (exact) mass is 285 g/mol. The summed E-state index contributed by atoms with van der Waals surface area (Å²) in [6.07, 6.45) is 0. The maximum Gasteiger partial charge on any atom is 0.321 e. The number of benzene rings is 1. The Hall–Kier alpha value is -0.790. The second-order valence-electron chi connectivity index (χ2n) is 1.95. The molecule has 0 aliphatic heterocycles. The maximum atomic E-state index is 12.7. The van der Waals surface area contributed by atoms with Gasteiger partial charge < -0.3 is 0 Å². The van der Waals surface area contributed by atoms with Gasteiger partial charge in [-0.15, -0.1) is 0 Å². The second-order valence-corrected chi connectivity index (χ2v) is 3.11. The van der Waals surface area contributed by atoms with Crippen molar-refractivity contribution >= 4 is 28.3 Å². The highest BCUT2D eigenvalue weighted by molar-refractivity contribution is 14.1.